The maximum atomic E-state index is 12.3. The van der Waals surface area contributed by atoms with Gasteiger partial charge in [0.25, 0.3) is 5.91 Å². The van der Waals surface area contributed by atoms with E-state index >= 15 is 0 Å². The summed E-state index contributed by atoms with van der Waals surface area (Å²) in [6, 6.07) is 3.63. The van der Waals surface area contributed by atoms with Crippen LogP contribution in [-0.2, 0) is 0 Å². The van der Waals surface area contributed by atoms with Gasteiger partial charge in [-0.15, -0.1) is 0 Å². The molecular weight excluding hydrogens is 294 g/mol. The average molecular weight is 312 g/mol. The minimum Gasteiger partial charge on any atom is -0.337 e. The van der Waals surface area contributed by atoms with Crippen molar-refractivity contribution in [3.05, 3.63) is 28.5 Å². The van der Waals surface area contributed by atoms with Gasteiger partial charge in [0.15, 0.2) is 0 Å². The molecule has 1 saturated heterocycles. The molecule has 1 aromatic heterocycles. The van der Waals surface area contributed by atoms with Crippen molar-refractivity contribution in [1.82, 2.24) is 15.2 Å². The van der Waals surface area contributed by atoms with Crippen molar-refractivity contribution in [2.75, 3.05) is 26.7 Å². The van der Waals surface area contributed by atoms with Crippen LogP contribution >= 0.6 is 15.9 Å². The maximum absolute atomic E-state index is 12.3. The first kappa shape index (κ1) is 13.5. The van der Waals surface area contributed by atoms with Crippen molar-refractivity contribution >= 4 is 21.8 Å². The third-order valence-electron chi connectivity index (χ3n) is 3.25. The predicted molar refractivity (Wildman–Crippen MR) is 74.5 cm³/mol. The Morgan fingerprint density at radius 2 is 2.44 bits per heavy atom. The van der Waals surface area contributed by atoms with E-state index in [4.69, 9.17) is 0 Å². The Hall–Kier alpha value is -0.940. The van der Waals surface area contributed by atoms with Crippen LogP contribution in [0.15, 0.2) is 22.8 Å². The van der Waals surface area contributed by atoms with Gasteiger partial charge in [-0.3, -0.25) is 4.79 Å². The fraction of sp³-hybridized carbons (Fsp3) is 0.538. The molecule has 1 aromatic rings. The molecule has 2 rings (SSSR count). The molecule has 18 heavy (non-hydrogen) atoms. The van der Waals surface area contributed by atoms with Crippen molar-refractivity contribution in [1.29, 1.82) is 0 Å². The molecule has 0 radical (unpaired) electrons. The summed E-state index contributed by atoms with van der Waals surface area (Å²) in [6.45, 7) is 2.64. The van der Waals surface area contributed by atoms with Crippen LogP contribution in [0.3, 0.4) is 0 Å². The Morgan fingerprint density at radius 1 is 1.61 bits per heavy atom. The first-order chi connectivity index (χ1) is 8.70. The zero-order valence-electron chi connectivity index (χ0n) is 10.5. The second-order valence-electron chi connectivity index (χ2n) is 4.68. The van der Waals surface area contributed by atoms with Gasteiger partial charge in [0.1, 0.15) is 5.69 Å². The second-order valence-corrected chi connectivity index (χ2v) is 5.59. The summed E-state index contributed by atoms with van der Waals surface area (Å²) in [4.78, 5) is 18.4. The summed E-state index contributed by atoms with van der Waals surface area (Å²) in [7, 11) is 1.96. The number of nitrogens with zero attached hydrogens (tertiary/aromatic N) is 2. The third kappa shape index (κ3) is 3.29. The molecule has 0 aliphatic carbocycles. The number of carbonyl (C=O) groups is 1. The summed E-state index contributed by atoms with van der Waals surface area (Å²) < 4.78 is 0.894. The van der Waals surface area contributed by atoms with E-state index in [1.165, 1.54) is 6.42 Å². The van der Waals surface area contributed by atoms with Crippen LogP contribution in [0.1, 0.15) is 23.3 Å². The lowest BCUT2D eigenvalue weighted by atomic mass is 9.98. The number of hydrogen-bond donors (Lipinski definition) is 1. The lowest BCUT2D eigenvalue weighted by molar-refractivity contribution is 0.0668. The van der Waals surface area contributed by atoms with E-state index in [-0.39, 0.29) is 5.91 Å². The van der Waals surface area contributed by atoms with Gasteiger partial charge in [-0.1, -0.05) is 0 Å². The highest BCUT2D eigenvalue weighted by Gasteiger charge is 2.24. The van der Waals surface area contributed by atoms with Crippen LogP contribution in [0.4, 0.5) is 0 Å². The van der Waals surface area contributed by atoms with Gasteiger partial charge < -0.3 is 10.2 Å². The number of hydrogen-bond acceptors (Lipinski definition) is 3. The minimum absolute atomic E-state index is 0.0447. The van der Waals surface area contributed by atoms with Gasteiger partial charge in [0.2, 0.25) is 0 Å². The molecule has 0 saturated carbocycles. The third-order valence-corrected chi connectivity index (χ3v) is 3.71. The highest BCUT2D eigenvalue weighted by Crippen LogP contribution is 2.18. The van der Waals surface area contributed by atoms with E-state index in [2.05, 4.69) is 26.2 Å². The van der Waals surface area contributed by atoms with E-state index in [1.54, 1.807) is 12.3 Å². The number of aromatic nitrogens is 1. The molecule has 0 spiro atoms. The summed E-state index contributed by atoms with van der Waals surface area (Å²) in [5.41, 5.74) is 0.531. The van der Waals surface area contributed by atoms with Crippen LogP contribution < -0.4 is 5.32 Å². The average Bonchev–Trinajstić information content (AvgIpc) is 2.39. The van der Waals surface area contributed by atoms with Gasteiger partial charge >= 0.3 is 0 Å². The fourth-order valence-electron chi connectivity index (χ4n) is 2.37. The van der Waals surface area contributed by atoms with Gasteiger partial charge in [0, 0.05) is 23.8 Å². The van der Waals surface area contributed by atoms with E-state index in [0.29, 0.717) is 11.6 Å². The molecule has 5 heteroatoms. The summed E-state index contributed by atoms with van der Waals surface area (Å²) in [6.07, 6.45) is 3.94. The Bertz CT molecular complexity index is 405. The quantitative estimate of drug-likeness (QED) is 0.927. The van der Waals surface area contributed by atoms with Crippen molar-refractivity contribution < 1.29 is 4.79 Å². The van der Waals surface area contributed by atoms with Crippen LogP contribution in [0, 0.1) is 5.92 Å². The van der Waals surface area contributed by atoms with Gasteiger partial charge in [-0.2, -0.15) is 0 Å². The molecule has 98 valence electrons. The highest BCUT2D eigenvalue weighted by molar-refractivity contribution is 9.10. The number of likely N-dealkylation sites (tertiary alicyclic amines) is 1. The summed E-state index contributed by atoms with van der Waals surface area (Å²) >= 11 is 3.33. The van der Waals surface area contributed by atoms with Gasteiger partial charge in [-0.25, -0.2) is 4.98 Å². The Labute approximate surface area is 116 Å². The number of halogens is 1. The van der Waals surface area contributed by atoms with Crippen molar-refractivity contribution in [2.24, 2.45) is 5.92 Å². The number of carbonyl (C=O) groups excluding carboxylic acids is 1. The normalized spacial score (nSPS) is 19.9. The van der Waals surface area contributed by atoms with Gasteiger partial charge in [-0.05, 0) is 60.4 Å². The fourth-order valence-corrected chi connectivity index (χ4v) is 2.60. The number of pyridine rings is 1. The maximum Gasteiger partial charge on any atom is 0.272 e. The minimum atomic E-state index is 0.0447. The van der Waals surface area contributed by atoms with Crippen molar-refractivity contribution in [3.63, 3.8) is 0 Å². The van der Waals surface area contributed by atoms with E-state index in [1.807, 2.05) is 18.0 Å². The SMILES string of the molecule is CNCC1CCCN(C(=O)c2ccc(Br)cn2)C1. The Balaban J connectivity index is 2.02. The van der Waals surface area contributed by atoms with Crippen molar-refractivity contribution in [3.8, 4) is 0 Å². The zero-order chi connectivity index (χ0) is 13.0. The molecule has 1 aliphatic rings. The lowest BCUT2D eigenvalue weighted by Gasteiger charge is -2.32. The molecule has 1 N–H and O–H groups in total. The molecule has 1 aliphatic heterocycles. The standard InChI is InChI=1S/C13H18BrN3O/c1-15-7-10-3-2-6-17(9-10)13(18)12-5-4-11(14)8-16-12/h4-5,8,10,15H,2-3,6-7,9H2,1H3. The summed E-state index contributed by atoms with van der Waals surface area (Å²) in [5.74, 6) is 0.603. The largest absolute Gasteiger partial charge is 0.337 e. The highest BCUT2D eigenvalue weighted by atomic mass is 79.9. The molecular formula is C13H18BrN3O. The predicted octanol–water partition coefficient (Wildman–Crippen LogP) is 1.92. The first-order valence-corrected chi connectivity index (χ1v) is 7.05. The van der Waals surface area contributed by atoms with Crippen LogP contribution in [0.2, 0.25) is 0 Å². The molecule has 4 nitrogen and oxygen atoms in total. The van der Waals surface area contributed by atoms with Crippen LogP contribution in [0.5, 0.6) is 0 Å². The monoisotopic (exact) mass is 311 g/mol. The molecule has 0 bridgehead atoms. The van der Waals surface area contributed by atoms with Crippen LogP contribution in [0.25, 0.3) is 0 Å². The van der Waals surface area contributed by atoms with E-state index < -0.39 is 0 Å². The molecule has 1 atom stereocenters. The lowest BCUT2D eigenvalue weighted by Crippen LogP contribution is -2.42. The van der Waals surface area contributed by atoms with E-state index in [0.717, 1.165) is 30.5 Å². The van der Waals surface area contributed by atoms with Crippen LogP contribution in [-0.4, -0.2) is 42.5 Å². The van der Waals surface area contributed by atoms with Gasteiger partial charge in [0.05, 0.1) is 0 Å². The number of piperidine rings is 1. The molecule has 0 aromatic carbocycles. The Morgan fingerprint density at radius 3 is 3.11 bits per heavy atom. The number of rotatable bonds is 3. The molecule has 1 amide bonds. The smallest absolute Gasteiger partial charge is 0.272 e. The number of amides is 1. The first-order valence-electron chi connectivity index (χ1n) is 6.26. The second kappa shape index (κ2) is 6.29. The van der Waals surface area contributed by atoms with Crippen molar-refractivity contribution in [2.45, 2.75) is 12.8 Å². The topological polar surface area (TPSA) is 45.2 Å². The molecule has 1 fully saturated rings. The van der Waals surface area contributed by atoms with E-state index in [9.17, 15) is 4.79 Å². The summed E-state index contributed by atoms with van der Waals surface area (Å²) in [5, 5.41) is 3.18. The molecule has 2 heterocycles. The zero-order valence-corrected chi connectivity index (χ0v) is 12.1. The number of nitrogens with one attached hydrogen (secondary N) is 1. The Kier molecular flexibility index (Phi) is 4.72. The molecule has 1 unspecified atom stereocenters.